The van der Waals surface area contributed by atoms with E-state index >= 15 is 0 Å². The van der Waals surface area contributed by atoms with Crippen molar-refractivity contribution in [3.05, 3.63) is 46.7 Å². The zero-order chi connectivity index (χ0) is 18.5. The standard InChI is InChI=1S/C19H26ClN3O3.ClH/c1-14-8-21-23(9-14)12-18-11-22(5-6-25-18)10-17(24)13-26-19-4-3-16(20)7-15(19)2;/h3-4,7-9,17-18,24H,5-6,10-13H2,1-2H3;1H. The highest BCUT2D eigenvalue weighted by Crippen LogP contribution is 2.22. The Morgan fingerprint density at radius 2 is 2.22 bits per heavy atom. The van der Waals surface area contributed by atoms with E-state index in [-0.39, 0.29) is 25.1 Å². The van der Waals surface area contributed by atoms with Crippen LogP contribution in [0.15, 0.2) is 30.6 Å². The first-order valence-corrected chi connectivity index (χ1v) is 9.27. The molecule has 2 heterocycles. The molecule has 3 rings (SSSR count). The lowest BCUT2D eigenvalue weighted by Crippen LogP contribution is -2.47. The summed E-state index contributed by atoms with van der Waals surface area (Å²) in [6, 6.07) is 5.48. The van der Waals surface area contributed by atoms with Crippen molar-refractivity contribution in [3.8, 4) is 5.75 Å². The molecule has 1 aromatic carbocycles. The van der Waals surface area contributed by atoms with Crippen LogP contribution in [0.1, 0.15) is 11.1 Å². The van der Waals surface area contributed by atoms with Crippen molar-refractivity contribution in [1.29, 1.82) is 0 Å². The molecule has 8 heteroatoms. The van der Waals surface area contributed by atoms with Gasteiger partial charge in [0.2, 0.25) is 0 Å². The van der Waals surface area contributed by atoms with Gasteiger partial charge in [0, 0.05) is 30.9 Å². The molecule has 0 spiro atoms. The molecule has 6 nitrogen and oxygen atoms in total. The van der Waals surface area contributed by atoms with Gasteiger partial charge in [-0.2, -0.15) is 5.10 Å². The maximum absolute atomic E-state index is 10.3. The number of β-amino-alcohol motifs (C(OH)–C–C–N with tert-alkyl or cyclic N) is 1. The number of benzene rings is 1. The first kappa shape index (κ1) is 22.0. The summed E-state index contributed by atoms with van der Waals surface area (Å²) in [6.07, 6.45) is 3.38. The van der Waals surface area contributed by atoms with E-state index in [1.807, 2.05) is 43.1 Å². The molecule has 150 valence electrons. The van der Waals surface area contributed by atoms with Gasteiger partial charge in [0.25, 0.3) is 0 Å². The van der Waals surface area contributed by atoms with Crippen LogP contribution < -0.4 is 4.74 Å². The second-order valence-electron chi connectivity index (χ2n) is 6.87. The van der Waals surface area contributed by atoms with Crippen LogP contribution in [0.25, 0.3) is 0 Å². The predicted octanol–water partition coefficient (Wildman–Crippen LogP) is 2.72. The third kappa shape index (κ3) is 6.66. The minimum Gasteiger partial charge on any atom is -0.491 e. The third-order valence-corrected chi connectivity index (χ3v) is 4.65. The lowest BCUT2D eigenvalue weighted by Gasteiger charge is -2.34. The van der Waals surface area contributed by atoms with Gasteiger partial charge in [-0.25, -0.2) is 0 Å². The van der Waals surface area contributed by atoms with Crippen LogP contribution >= 0.6 is 24.0 Å². The van der Waals surface area contributed by atoms with E-state index in [0.29, 0.717) is 18.2 Å². The monoisotopic (exact) mass is 415 g/mol. The van der Waals surface area contributed by atoms with Crippen LogP contribution in [-0.4, -0.2) is 64.8 Å². The summed E-state index contributed by atoms with van der Waals surface area (Å²) in [4.78, 5) is 2.22. The minimum absolute atomic E-state index is 0. The number of ether oxygens (including phenoxy) is 2. The molecule has 1 aromatic heterocycles. The maximum Gasteiger partial charge on any atom is 0.122 e. The molecule has 1 fully saturated rings. The van der Waals surface area contributed by atoms with E-state index in [0.717, 1.165) is 36.5 Å². The van der Waals surface area contributed by atoms with Gasteiger partial charge >= 0.3 is 0 Å². The van der Waals surface area contributed by atoms with Crippen molar-refractivity contribution in [3.63, 3.8) is 0 Å². The summed E-state index contributed by atoms with van der Waals surface area (Å²) in [7, 11) is 0. The molecule has 1 N–H and O–H groups in total. The van der Waals surface area contributed by atoms with E-state index in [2.05, 4.69) is 10.00 Å². The first-order valence-electron chi connectivity index (χ1n) is 8.89. The molecular weight excluding hydrogens is 389 g/mol. The molecule has 0 aliphatic carbocycles. The topological polar surface area (TPSA) is 59.8 Å². The Kier molecular flexibility index (Phi) is 8.38. The Labute approximate surface area is 171 Å². The molecule has 2 aromatic rings. The van der Waals surface area contributed by atoms with Gasteiger partial charge in [0.1, 0.15) is 18.5 Å². The van der Waals surface area contributed by atoms with E-state index in [4.69, 9.17) is 21.1 Å². The van der Waals surface area contributed by atoms with E-state index in [1.165, 1.54) is 0 Å². The summed E-state index contributed by atoms with van der Waals surface area (Å²) in [6.45, 7) is 7.75. The van der Waals surface area contributed by atoms with Crippen molar-refractivity contribution < 1.29 is 14.6 Å². The van der Waals surface area contributed by atoms with Crippen LogP contribution in [0, 0.1) is 13.8 Å². The summed E-state index contributed by atoms with van der Waals surface area (Å²) in [5, 5.41) is 15.3. The average molecular weight is 416 g/mol. The second kappa shape index (κ2) is 10.3. The number of nitrogens with zero attached hydrogens (tertiary/aromatic N) is 3. The Morgan fingerprint density at radius 1 is 1.41 bits per heavy atom. The highest BCUT2D eigenvalue weighted by molar-refractivity contribution is 6.30. The van der Waals surface area contributed by atoms with Crippen LogP contribution in [0.2, 0.25) is 5.02 Å². The predicted molar refractivity (Wildman–Crippen MR) is 108 cm³/mol. The molecule has 2 unspecified atom stereocenters. The van der Waals surface area contributed by atoms with Gasteiger partial charge in [-0.1, -0.05) is 11.6 Å². The third-order valence-electron chi connectivity index (χ3n) is 4.41. The molecule has 2 atom stereocenters. The molecule has 0 amide bonds. The molecule has 27 heavy (non-hydrogen) atoms. The summed E-state index contributed by atoms with van der Waals surface area (Å²) >= 11 is 5.95. The number of aryl methyl sites for hydroxylation is 2. The number of hydrogen-bond acceptors (Lipinski definition) is 5. The fraction of sp³-hybridized carbons (Fsp3) is 0.526. The molecule has 1 aliphatic rings. The molecule has 0 saturated carbocycles. The second-order valence-corrected chi connectivity index (χ2v) is 7.30. The largest absolute Gasteiger partial charge is 0.491 e. The SMILES string of the molecule is Cc1cnn(CC2CN(CC(O)COc3ccc(Cl)cc3C)CCO2)c1.Cl. The number of rotatable bonds is 7. The molecule has 0 bridgehead atoms. The lowest BCUT2D eigenvalue weighted by atomic mass is 10.2. The van der Waals surface area contributed by atoms with Crippen molar-refractivity contribution in [2.75, 3.05) is 32.8 Å². The molecular formula is C19H27Cl2N3O3. The zero-order valence-electron chi connectivity index (χ0n) is 15.7. The Morgan fingerprint density at radius 3 is 2.93 bits per heavy atom. The van der Waals surface area contributed by atoms with Gasteiger partial charge in [0.05, 0.1) is 25.5 Å². The molecule has 0 radical (unpaired) electrons. The van der Waals surface area contributed by atoms with Crippen molar-refractivity contribution >= 4 is 24.0 Å². The van der Waals surface area contributed by atoms with Crippen molar-refractivity contribution in [2.45, 2.75) is 32.6 Å². The lowest BCUT2D eigenvalue weighted by molar-refractivity contribution is -0.0517. The number of aromatic nitrogens is 2. The van der Waals surface area contributed by atoms with Gasteiger partial charge in [-0.3, -0.25) is 9.58 Å². The van der Waals surface area contributed by atoms with Crippen LogP contribution in [0.4, 0.5) is 0 Å². The maximum atomic E-state index is 10.3. The number of halogens is 2. The van der Waals surface area contributed by atoms with Crippen LogP contribution in [-0.2, 0) is 11.3 Å². The van der Waals surface area contributed by atoms with E-state index < -0.39 is 6.10 Å². The minimum atomic E-state index is -0.559. The summed E-state index contributed by atoms with van der Waals surface area (Å²) < 4.78 is 13.5. The van der Waals surface area contributed by atoms with Gasteiger partial charge < -0.3 is 14.6 Å². The fourth-order valence-electron chi connectivity index (χ4n) is 3.14. The highest BCUT2D eigenvalue weighted by Gasteiger charge is 2.23. The first-order chi connectivity index (χ1) is 12.5. The smallest absolute Gasteiger partial charge is 0.122 e. The number of aliphatic hydroxyl groups excluding tert-OH is 1. The number of hydrogen-bond donors (Lipinski definition) is 1. The molecule has 1 saturated heterocycles. The van der Waals surface area contributed by atoms with E-state index in [9.17, 15) is 5.11 Å². The van der Waals surface area contributed by atoms with Gasteiger partial charge in [0.15, 0.2) is 0 Å². The molecule has 1 aliphatic heterocycles. The Balaban J connectivity index is 0.00000261. The average Bonchev–Trinajstić information content (AvgIpc) is 2.99. The van der Waals surface area contributed by atoms with Crippen molar-refractivity contribution in [2.24, 2.45) is 0 Å². The van der Waals surface area contributed by atoms with E-state index in [1.54, 1.807) is 6.07 Å². The highest BCUT2D eigenvalue weighted by atomic mass is 35.5. The number of morpholine rings is 1. The summed E-state index contributed by atoms with van der Waals surface area (Å²) in [5.41, 5.74) is 2.10. The van der Waals surface area contributed by atoms with Gasteiger partial charge in [-0.15, -0.1) is 12.4 Å². The van der Waals surface area contributed by atoms with Gasteiger partial charge in [-0.05, 0) is 43.2 Å². The normalized spacial score (nSPS) is 18.7. The fourth-order valence-corrected chi connectivity index (χ4v) is 3.37. The Hall–Kier alpha value is -1.31. The quantitative estimate of drug-likeness (QED) is 0.752. The number of aliphatic hydroxyl groups is 1. The van der Waals surface area contributed by atoms with Crippen LogP contribution in [0.5, 0.6) is 5.75 Å². The Bertz CT molecular complexity index is 726. The zero-order valence-corrected chi connectivity index (χ0v) is 17.2. The van der Waals surface area contributed by atoms with Crippen LogP contribution in [0.3, 0.4) is 0 Å². The van der Waals surface area contributed by atoms with Crippen molar-refractivity contribution in [1.82, 2.24) is 14.7 Å². The summed E-state index contributed by atoms with van der Waals surface area (Å²) in [5.74, 6) is 0.752.